The van der Waals surface area contributed by atoms with Gasteiger partial charge in [-0.1, -0.05) is 11.6 Å². The number of nitrogens with zero attached hydrogens (tertiary/aromatic N) is 1. The van der Waals surface area contributed by atoms with E-state index in [4.69, 9.17) is 22.4 Å². The lowest BCUT2D eigenvalue weighted by molar-refractivity contribution is -0.137. The molecule has 1 aromatic carbocycles. The minimum Gasteiger partial charge on any atom is -0.481 e. The second-order valence-electron chi connectivity index (χ2n) is 4.14. The zero-order valence-corrected chi connectivity index (χ0v) is 10.9. The molecule has 2 aromatic rings. The highest BCUT2D eigenvalue weighted by molar-refractivity contribution is 6.37. The van der Waals surface area contributed by atoms with Crippen molar-refractivity contribution in [2.24, 2.45) is 0 Å². The van der Waals surface area contributed by atoms with E-state index in [1.54, 1.807) is 24.4 Å². The highest BCUT2D eigenvalue weighted by atomic mass is 35.5. The summed E-state index contributed by atoms with van der Waals surface area (Å²) < 4.78 is 0. The first-order valence-corrected chi connectivity index (χ1v) is 6.25. The number of nitrogens with one attached hydrogen (secondary N) is 1. The molecule has 0 aliphatic heterocycles. The molecule has 0 saturated carbocycles. The van der Waals surface area contributed by atoms with Gasteiger partial charge in [0.05, 0.1) is 5.02 Å². The number of benzene rings is 1. The van der Waals surface area contributed by atoms with E-state index < -0.39 is 5.97 Å². The Kier molecular flexibility index (Phi) is 4.06. The molecule has 0 aliphatic carbocycles. The topological polar surface area (TPSA) is 88.2 Å². The van der Waals surface area contributed by atoms with Crippen LogP contribution < -0.4 is 11.1 Å². The molecule has 0 unspecified atom stereocenters. The quantitative estimate of drug-likeness (QED) is 0.578. The van der Waals surface area contributed by atoms with Crippen molar-refractivity contribution in [1.29, 1.82) is 0 Å². The summed E-state index contributed by atoms with van der Waals surface area (Å²) >= 11 is 6.17. The molecule has 100 valence electrons. The Hall–Kier alpha value is -2.01. The van der Waals surface area contributed by atoms with Gasteiger partial charge in [0.15, 0.2) is 0 Å². The molecule has 0 saturated heterocycles. The smallest absolute Gasteiger partial charge is 0.303 e. The van der Waals surface area contributed by atoms with Gasteiger partial charge in [0.2, 0.25) is 0 Å². The van der Waals surface area contributed by atoms with Gasteiger partial charge in [-0.15, -0.1) is 0 Å². The Morgan fingerprint density at radius 3 is 2.95 bits per heavy atom. The van der Waals surface area contributed by atoms with Crippen LogP contribution in [0, 0.1) is 0 Å². The van der Waals surface area contributed by atoms with Crippen LogP contribution in [0.25, 0.3) is 10.8 Å². The number of carboxylic acids is 1. The number of carbonyl (C=O) groups is 1. The van der Waals surface area contributed by atoms with Gasteiger partial charge >= 0.3 is 5.97 Å². The van der Waals surface area contributed by atoms with Crippen LogP contribution in [0.3, 0.4) is 0 Å². The number of rotatable bonds is 5. The largest absolute Gasteiger partial charge is 0.481 e. The molecule has 1 heterocycles. The van der Waals surface area contributed by atoms with Crippen LogP contribution in [0.15, 0.2) is 24.4 Å². The maximum absolute atomic E-state index is 10.4. The standard InChI is InChI=1S/C13H14ClN3O2/c14-9-3-4-10(15)8-5-7-17-13(12(8)9)16-6-1-2-11(18)19/h3-5,7H,1-2,6,15H2,(H,16,17)(H,18,19). The summed E-state index contributed by atoms with van der Waals surface area (Å²) in [5.74, 6) is -0.185. The Bertz CT molecular complexity index is 616. The summed E-state index contributed by atoms with van der Waals surface area (Å²) in [7, 11) is 0. The monoisotopic (exact) mass is 279 g/mol. The average Bonchev–Trinajstić information content (AvgIpc) is 2.39. The van der Waals surface area contributed by atoms with Gasteiger partial charge < -0.3 is 16.2 Å². The second kappa shape index (κ2) is 5.75. The van der Waals surface area contributed by atoms with Crippen LogP contribution in [0.5, 0.6) is 0 Å². The van der Waals surface area contributed by atoms with Crippen LogP contribution in [-0.4, -0.2) is 22.6 Å². The Balaban J connectivity index is 2.23. The fourth-order valence-corrected chi connectivity index (χ4v) is 2.11. The molecule has 0 amide bonds. The van der Waals surface area contributed by atoms with Crippen molar-refractivity contribution in [3.63, 3.8) is 0 Å². The number of pyridine rings is 1. The third-order valence-electron chi connectivity index (χ3n) is 2.77. The molecule has 5 nitrogen and oxygen atoms in total. The van der Waals surface area contributed by atoms with Crippen molar-refractivity contribution in [1.82, 2.24) is 4.98 Å². The van der Waals surface area contributed by atoms with E-state index in [9.17, 15) is 4.79 Å². The zero-order chi connectivity index (χ0) is 13.8. The normalized spacial score (nSPS) is 10.6. The van der Waals surface area contributed by atoms with E-state index in [1.165, 1.54) is 0 Å². The number of nitrogens with two attached hydrogens (primary N) is 1. The van der Waals surface area contributed by atoms with Crippen LogP contribution in [0.1, 0.15) is 12.8 Å². The van der Waals surface area contributed by atoms with Crippen molar-refractivity contribution < 1.29 is 9.90 Å². The lowest BCUT2D eigenvalue weighted by atomic mass is 10.1. The maximum atomic E-state index is 10.4. The molecule has 0 radical (unpaired) electrons. The zero-order valence-electron chi connectivity index (χ0n) is 10.2. The predicted molar refractivity (Wildman–Crippen MR) is 76.5 cm³/mol. The highest BCUT2D eigenvalue weighted by Gasteiger charge is 2.08. The van der Waals surface area contributed by atoms with Crippen molar-refractivity contribution >= 4 is 39.8 Å². The van der Waals surface area contributed by atoms with Gasteiger partial charge in [0, 0.05) is 35.6 Å². The number of carboxylic acid groups (broad SMARTS) is 1. The molecular weight excluding hydrogens is 266 g/mol. The minimum absolute atomic E-state index is 0.119. The SMILES string of the molecule is Nc1ccc(Cl)c2c(NCCCC(=O)O)nccc12. The third kappa shape index (κ3) is 3.06. The molecular formula is C13H14ClN3O2. The van der Waals surface area contributed by atoms with Crippen molar-refractivity contribution in [2.75, 3.05) is 17.6 Å². The number of hydrogen-bond acceptors (Lipinski definition) is 4. The lowest BCUT2D eigenvalue weighted by Gasteiger charge is -2.10. The van der Waals surface area contributed by atoms with E-state index in [0.717, 1.165) is 10.8 Å². The molecule has 4 N–H and O–H groups in total. The third-order valence-corrected chi connectivity index (χ3v) is 3.08. The van der Waals surface area contributed by atoms with Gasteiger partial charge in [-0.3, -0.25) is 4.79 Å². The summed E-state index contributed by atoms with van der Waals surface area (Å²) in [5, 5.41) is 13.8. The Labute approximate surface area is 115 Å². The Morgan fingerprint density at radius 2 is 2.21 bits per heavy atom. The van der Waals surface area contributed by atoms with Crippen LogP contribution in [0.2, 0.25) is 5.02 Å². The first kappa shape index (κ1) is 13.4. The number of anilines is 2. The van der Waals surface area contributed by atoms with Crippen LogP contribution in [-0.2, 0) is 4.79 Å². The molecule has 19 heavy (non-hydrogen) atoms. The molecule has 2 rings (SSSR count). The highest BCUT2D eigenvalue weighted by Crippen LogP contribution is 2.32. The van der Waals surface area contributed by atoms with Gasteiger partial charge in [-0.05, 0) is 24.6 Å². The summed E-state index contributed by atoms with van der Waals surface area (Å²) in [5.41, 5.74) is 6.53. The van der Waals surface area contributed by atoms with Crippen LogP contribution >= 0.6 is 11.6 Å². The van der Waals surface area contributed by atoms with Crippen molar-refractivity contribution in [3.05, 3.63) is 29.4 Å². The number of halogens is 1. The van der Waals surface area contributed by atoms with Gasteiger partial charge in [-0.2, -0.15) is 0 Å². The van der Waals surface area contributed by atoms with Gasteiger partial charge in [-0.25, -0.2) is 4.98 Å². The summed E-state index contributed by atoms with van der Waals surface area (Å²) in [6.07, 6.45) is 2.29. The number of hydrogen-bond donors (Lipinski definition) is 3. The molecule has 0 fully saturated rings. The summed E-state index contributed by atoms with van der Waals surface area (Å²) in [4.78, 5) is 14.7. The van der Waals surface area contributed by atoms with E-state index in [-0.39, 0.29) is 6.42 Å². The van der Waals surface area contributed by atoms with E-state index in [2.05, 4.69) is 10.3 Å². The minimum atomic E-state index is -0.810. The number of fused-ring (bicyclic) bond motifs is 1. The second-order valence-corrected chi connectivity index (χ2v) is 4.55. The fourth-order valence-electron chi connectivity index (χ4n) is 1.86. The van der Waals surface area contributed by atoms with Crippen LogP contribution in [0.4, 0.5) is 11.5 Å². The molecule has 0 atom stereocenters. The van der Waals surface area contributed by atoms with E-state index in [0.29, 0.717) is 29.5 Å². The molecule has 0 bridgehead atoms. The molecule has 0 spiro atoms. The first-order chi connectivity index (χ1) is 9.09. The molecule has 6 heteroatoms. The fraction of sp³-hybridized carbons (Fsp3) is 0.231. The Morgan fingerprint density at radius 1 is 1.42 bits per heavy atom. The average molecular weight is 280 g/mol. The number of aliphatic carboxylic acids is 1. The summed E-state index contributed by atoms with van der Waals surface area (Å²) in [6, 6.07) is 5.28. The number of aromatic nitrogens is 1. The summed E-state index contributed by atoms with van der Waals surface area (Å²) in [6.45, 7) is 0.517. The van der Waals surface area contributed by atoms with Crippen molar-refractivity contribution in [2.45, 2.75) is 12.8 Å². The first-order valence-electron chi connectivity index (χ1n) is 5.88. The van der Waals surface area contributed by atoms with Gasteiger partial charge in [0.25, 0.3) is 0 Å². The van der Waals surface area contributed by atoms with Gasteiger partial charge in [0.1, 0.15) is 5.82 Å². The van der Waals surface area contributed by atoms with E-state index in [1.807, 2.05) is 0 Å². The van der Waals surface area contributed by atoms with E-state index >= 15 is 0 Å². The molecule has 0 aliphatic rings. The number of nitrogen functional groups attached to an aromatic ring is 1. The predicted octanol–water partition coefficient (Wildman–Crippen LogP) is 2.75. The lowest BCUT2D eigenvalue weighted by Crippen LogP contribution is -2.06. The van der Waals surface area contributed by atoms with Crippen molar-refractivity contribution in [3.8, 4) is 0 Å². The molecule has 1 aromatic heterocycles. The maximum Gasteiger partial charge on any atom is 0.303 e.